The summed E-state index contributed by atoms with van der Waals surface area (Å²) < 4.78 is 7.21. The lowest BCUT2D eigenvalue weighted by molar-refractivity contribution is -0.135. The Morgan fingerprint density at radius 2 is 1.76 bits per heavy atom. The van der Waals surface area contributed by atoms with E-state index in [1.54, 1.807) is 49.5 Å². The van der Waals surface area contributed by atoms with Gasteiger partial charge in [0.15, 0.2) is 0 Å². The summed E-state index contributed by atoms with van der Waals surface area (Å²) in [6.45, 7) is 3.16. The molecular formula is C29H28ClN3O5. The van der Waals surface area contributed by atoms with E-state index in [2.05, 4.69) is 5.32 Å². The van der Waals surface area contributed by atoms with Crippen LogP contribution in [-0.2, 0) is 18.4 Å². The lowest BCUT2D eigenvalue weighted by Gasteiger charge is -2.24. The Hall–Kier alpha value is -4.30. The van der Waals surface area contributed by atoms with E-state index in [4.69, 9.17) is 16.3 Å². The summed E-state index contributed by atoms with van der Waals surface area (Å²) >= 11 is 6.30. The van der Waals surface area contributed by atoms with Crippen LogP contribution in [0.4, 0.5) is 10.5 Å². The third kappa shape index (κ3) is 5.81. The third-order valence-electron chi connectivity index (χ3n) is 5.99. The SMILES string of the molecule is CC(C)Oc1cccc(N(CC(=O)O)C(=O)NCc2c(-c3ccccc3)c3cc(Cl)ccc3c(=O)n2C)c1. The van der Waals surface area contributed by atoms with Gasteiger partial charge in [-0.1, -0.05) is 48.0 Å². The van der Waals surface area contributed by atoms with Gasteiger partial charge in [-0.3, -0.25) is 14.5 Å². The number of nitrogens with one attached hydrogen (secondary N) is 1. The number of benzene rings is 3. The molecule has 2 amide bonds. The second-order valence-corrected chi connectivity index (χ2v) is 9.48. The van der Waals surface area contributed by atoms with Crippen molar-refractivity contribution in [2.45, 2.75) is 26.5 Å². The number of carboxylic acids is 1. The molecule has 1 heterocycles. The summed E-state index contributed by atoms with van der Waals surface area (Å²) in [5.74, 6) is -0.658. The minimum absolute atomic E-state index is 0.0322. The number of ether oxygens (including phenoxy) is 1. The number of pyridine rings is 1. The van der Waals surface area contributed by atoms with Gasteiger partial charge < -0.3 is 19.7 Å². The largest absolute Gasteiger partial charge is 0.491 e. The molecule has 8 nitrogen and oxygen atoms in total. The first-order chi connectivity index (χ1) is 18.2. The van der Waals surface area contributed by atoms with Gasteiger partial charge in [-0.15, -0.1) is 0 Å². The van der Waals surface area contributed by atoms with Crippen LogP contribution in [0, 0.1) is 0 Å². The van der Waals surface area contributed by atoms with Crippen LogP contribution in [0.3, 0.4) is 0 Å². The molecule has 0 fully saturated rings. The Balaban J connectivity index is 1.74. The van der Waals surface area contributed by atoms with Crippen molar-refractivity contribution < 1.29 is 19.4 Å². The van der Waals surface area contributed by atoms with Gasteiger partial charge >= 0.3 is 12.0 Å². The van der Waals surface area contributed by atoms with Crippen molar-refractivity contribution in [1.82, 2.24) is 9.88 Å². The Morgan fingerprint density at radius 1 is 1.03 bits per heavy atom. The molecule has 0 bridgehead atoms. The predicted molar refractivity (Wildman–Crippen MR) is 149 cm³/mol. The van der Waals surface area contributed by atoms with Gasteiger partial charge in [0.05, 0.1) is 12.6 Å². The van der Waals surface area contributed by atoms with E-state index in [1.807, 2.05) is 44.2 Å². The van der Waals surface area contributed by atoms with Crippen molar-refractivity contribution in [3.8, 4) is 16.9 Å². The van der Waals surface area contributed by atoms with E-state index < -0.39 is 18.5 Å². The number of amides is 2. The number of hydrogen-bond acceptors (Lipinski definition) is 4. The number of carboxylic acid groups (broad SMARTS) is 1. The van der Waals surface area contributed by atoms with Crippen LogP contribution in [0.2, 0.25) is 5.02 Å². The number of hydrogen-bond donors (Lipinski definition) is 2. The fourth-order valence-electron chi connectivity index (χ4n) is 4.34. The fourth-order valence-corrected chi connectivity index (χ4v) is 4.51. The van der Waals surface area contributed by atoms with Crippen LogP contribution in [-0.4, -0.2) is 34.3 Å². The molecule has 196 valence electrons. The van der Waals surface area contributed by atoms with Gasteiger partial charge in [-0.05, 0) is 55.1 Å². The van der Waals surface area contributed by atoms with Crippen LogP contribution in [0.1, 0.15) is 19.5 Å². The highest BCUT2D eigenvalue weighted by Crippen LogP contribution is 2.32. The maximum absolute atomic E-state index is 13.3. The van der Waals surface area contributed by atoms with Crippen molar-refractivity contribution in [3.63, 3.8) is 0 Å². The Bertz CT molecular complexity index is 1550. The first-order valence-electron chi connectivity index (χ1n) is 12.1. The van der Waals surface area contributed by atoms with Crippen molar-refractivity contribution >= 4 is 40.1 Å². The first-order valence-corrected chi connectivity index (χ1v) is 12.4. The molecule has 0 atom stereocenters. The smallest absolute Gasteiger partial charge is 0.323 e. The lowest BCUT2D eigenvalue weighted by Crippen LogP contribution is -2.43. The van der Waals surface area contributed by atoms with Crippen LogP contribution < -0.4 is 20.5 Å². The number of carbonyl (C=O) groups excluding carboxylic acids is 1. The van der Waals surface area contributed by atoms with E-state index >= 15 is 0 Å². The molecule has 0 aliphatic carbocycles. The van der Waals surface area contributed by atoms with Crippen molar-refractivity contribution in [3.05, 3.63) is 93.9 Å². The molecule has 38 heavy (non-hydrogen) atoms. The minimum Gasteiger partial charge on any atom is -0.491 e. The topological polar surface area (TPSA) is 101 Å². The predicted octanol–water partition coefficient (Wildman–Crippen LogP) is 5.45. The van der Waals surface area contributed by atoms with Crippen molar-refractivity contribution in [2.75, 3.05) is 11.4 Å². The van der Waals surface area contributed by atoms with E-state index in [0.717, 1.165) is 16.0 Å². The van der Waals surface area contributed by atoms with Gasteiger partial charge in [-0.2, -0.15) is 0 Å². The van der Waals surface area contributed by atoms with Crippen LogP contribution in [0.15, 0.2) is 77.6 Å². The number of fused-ring (bicyclic) bond motifs is 1. The molecule has 0 aliphatic heterocycles. The molecular weight excluding hydrogens is 506 g/mol. The molecule has 4 aromatic rings. The van der Waals surface area contributed by atoms with E-state index in [1.165, 1.54) is 4.57 Å². The molecule has 0 unspecified atom stereocenters. The molecule has 3 aromatic carbocycles. The summed E-state index contributed by atoms with van der Waals surface area (Å²) in [6.07, 6.45) is -0.0916. The van der Waals surface area contributed by atoms with E-state index in [0.29, 0.717) is 32.9 Å². The summed E-state index contributed by atoms with van der Waals surface area (Å²) in [6, 6.07) is 20.7. The minimum atomic E-state index is -1.17. The molecule has 1 aromatic heterocycles. The van der Waals surface area contributed by atoms with Crippen LogP contribution >= 0.6 is 11.6 Å². The number of halogens is 1. The van der Waals surface area contributed by atoms with E-state index in [-0.39, 0.29) is 18.2 Å². The highest BCUT2D eigenvalue weighted by molar-refractivity contribution is 6.31. The Labute approximate surface area is 225 Å². The monoisotopic (exact) mass is 533 g/mol. The Kier molecular flexibility index (Phi) is 8.02. The zero-order valence-electron chi connectivity index (χ0n) is 21.3. The summed E-state index contributed by atoms with van der Waals surface area (Å²) in [5.41, 5.74) is 2.28. The van der Waals surface area contributed by atoms with Gasteiger partial charge in [0.2, 0.25) is 0 Å². The third-order valence-corrected chi connectivity index (χ3v) is 6.22. The maximum atomic E-state index is 13.3. The first kappa shape index (κ1) is 26.8. The average Bonchev–Trinajstić information content (AvgIpc) is 2.88. The Morgan fingerprint density at radius 3 is 2.45 bits per heavy atom. The molecule has 2 N–H and O–H groups in total. The number of urea groups is 1. The van der Waals surface area contributed by atoms with Crippen molar-refractivity contribution in [2.24, 2.45) is 7.05 Å². The number of aliphatic carboxylic acids is 1. The number of nitrogens with zero attached hydrogens (tertiary/aromatic N) is 2. The summed E-state index contributed by atoms with van der Waals surface area (Å²) in [5, 5.41) is 14.0. The second-order valence-electron chi connectivity index (χ2n) is 9.04. The van der Waals surface area contributed by atoms with Crippen LogP contribution in [0.5, 0.6) is 5.75 Å². The second kappa shape index (κ2) is 11.4. The zero-order chi connectivity index (χ0) is 27.4. The quantitative estimate of drug-likeness (QED) is 0.314. The highest BCUT2D eigenvalue weighted by atomic mass is 35.5. The molecule has 9 heteroatoms. The molecule has 0 radical (unpaired) electrons. The fraction of sp³-hybridized carbons (Fsp3) is 0.207. The highest BCUT2D eigenvalue weighted by Gasteiger charge is 2.22. The maximum Gasteiger partial charge on any atom is 0.323 e. The van der Waals surface area contributed by atoms with Crippen molar-refractivity contribution in [1.29, 1.82) is 0 Å². The van der Waals surface area contributed by atoms with Crippen LogP contribution in [0.25, 0.3) is 21.9 Å². The molecule has 0 saturated heterocycles. The molecule has 0 saturated carbocycles. The summed E-state index contributed by atoms with van der Waals surface area (Å²) in [4.78, 5) is 39.3. The molecule has 0 aliphatic rings. The van der Waals surface area contributed by atoms with Gasteiger partial charge in [0.1, 0.15) is 12.3 Å². The zero-order valence-corrected chi connectivity index (χ0v) is 22.0. The normalized spacial score (nSPS) is 11.0. The standard InChI is InChI=1S/C29H28ClN3O5/c1-18(2)38-22-11-7-10-21(15-22)33(17-26(34)35)29(37)31-16-25-27(19-8-5-4-6-9-19)24-14-20(30)12-13-23(24)28(36)32(25)3/h4-15,18H,16-17H2,1-3H3,(H,31,37)(H,34,35). The number of aromatic nitrogens is 1. The number of rotatable bonds is 8. The average molecular weight is 534 g/mol. The van der Waals surface area contributed by atoms with Gasteiger partial charge in [0, 0.05) is 40.5 Å². The van der Waals surface area contributed by atoms with Gasteiger partial charge in [-0.25, -0.2) is 4.79 Å². The molecule has 0 spiro atoms. The van der Waals surface area contributed by atoms with E-state index in [9.17, 15) is 19.5 Å². The summed E-state index contributed by atoms with van der Waals surface area (Å²) in [7, 11) is 1.64. The lowest BCUT2D eigenvalue weighted by atomic mass is 9.96. The number of anilines is 1. The van der Waals surface area contributed by atoms with Gasteiger partial charge in [0.25, 0.3) is 5.56 Å². The molecule has 4 rings (SSSR count). The number of carbonyl (C=O) groups is 2.